The minimum Gasteiger partial charge on any atom is -0.494 e. The number of ether oxygens (including phenoxy) is 2. The minimum absolute atomic E-state index is 0.0841. The Hall–Kier alpha value is -3.04. The van der Waals surface area contributed by atoms with Gasteiger partial charge in [-0.25, -0.2) is 8.42 Å². The molecule has 1 amide bonds. The van der Waals surface area contributed by atoms with Crippen molar-refractivity contribution in [3.05, 3.63) is 77.3 Å². The summed E-state index contributed by atoms with van der Waals surface area (Å²) in [7, 11) is -4.01. The first kappa shape index (κ1) is 26.0. The molecule has 1 aliphatic carbocycles. The van der Waals surface area contributed by atoms with Crippen molar-refractivity contribution >= 4 is 43.2 Å². The highest BCUT2D eigenvalue weighted by Crippen LogP contribution is 2.28. The number of hydrogen-bond donors (Lipinski definition) is 1. The van der Waals surface area contributed by atoms with Crippen LogP contribution in [0.1, 0.15) is 32.6 Å². The zero-order chi connectivity index (χ0) is 25.5. The third kappa shape index (κ3) is 6.59. The Labute approximate surface area is 220 Å². The fourth-order valence-electron chi connectivity index (χ4n) is 4.07. The van der Waals surface area contributed by atoms with Gasteiger partial charge in [0, 0.05) is 10.2 Å². The van der Waals surface area contributed by atoms with Crippen molar-refractivity contribution in [2.45, 2.75) is 43.6 Å². The third-order valence-corrected chi connectivity index (χ3v) is 8.18. The van der Waals surface area contributed by atoms with E-state index in [4.69, 9.17) is 9.47 Å². The fourth-order valence-corrected chi connectivity index (χ4v) is 5.76. The maximum absolute atomic E-state index is 13.5. The van der Waals surface area contributed by atoms with Gasteiger partial charge in [0.25, 0.3) is 10.0 Å². The molecule has 0 aliphatic heterocycles. The molecule has 0 aromatic heterocycles. The first-order valence-corrected chi connectivity index (χ1v) is 14.2. The molecular weight excluding hydrogens is 544 g/mol. The summed E-state index contributed by atoms with van der Waals surface area (Å²) in [6.07, 6.45) is 4.75. The molecule has 0 spiro atoms. The van der Waals surface area contributed by atoms with Crippen LogP contribution in [0, 0.1) is 0 Å². The molecule has 1 N–H and O–H groups in total. The Morgan fingerprint density at radius 1 is 0.944 bits per heavy atom. The lowest BCUT2D eigenvalue weighted by Crippen LogP contribution is -2.38. The van der Waals surface area contributed by atoms with E-state index in [1.54, 1.807) is 48.5 Å². The Kier molecular flexibility index (Phi) is 8.53. The molecule has 1 fully saturated rings. The molecule has 0 saturated heterocycles. The van der Waals surface area contributed by atoms with Gasteiger partial charge in [-0.3, -0.25) is 9.10 Å². The van der Waals surface area contributed by atoms with Gasteiger partial charge in [-0.15, -0.1) is 0 Å². The van der Waals surface area contributed by atoms with E-state index in [9.17, 15) is 13.2 Å². The summed E-state index contributed by atoms with van der Waals surface area (Å²) >= 11 is 3.33. The van der Waals surface area contributed by atoms with Crippen molar-refractivity contribution in [3.8, 4) is 11.5 Å². The van der Waals surface area contributed by atoms with E-state index in [-0.39, 0.29) is 11.0 Å². The van der Waals surface area contributed by atoms with E-state index in [0.717, 1.165) is 27.4 Å². The summed E-state index contributed by atoms with van der Waals surface area (Å²) in [5.41, 5.74) is 0.920. The van der Waals surface area contributed by atoms with E-state index >= 15 is 0 Å². The second kappa shape index (κ2) is 11.8. The number of carbonyl (C=O) groups is 1. The highest BCUT2D eigenvalue weighted by atomic mass is 79.9. The molecule has 0 radical (unpaired) electrons. The lowest BCUT2D eigenvalue weighted by atomic mass is 10.2. The quantitative estimate of drug-likeness (QED) is 0.322. The van der Waals surface area contributed by atoms with Gasteiger partial charge in [-0.1, -0.05) is 15.9 Å². The lowest BCUT2D eigenvalue weighted by molar-refractivity contribution is -0.114. The molecule has 0 heterocycles. The molecule has 1 aliphatic rings. The van der Waals surface area contributed by atoms with Crippen LogP contribution in [0.15, 0.2) is 82.2 Å². The summed E-state index contributed by atoms with van der Waals surface area (Å²) in [6.45, 7) is 1.97. The molecule has 0 bridgehead atoms. The SMILES string of the molecule is CCOc1ccc(N(CC(=O)Nc2ccc(OC3CCCC3)cc2)S(=O)(=O)c2ccc(Br)cc2)cc1. The number of rotatable bonds is 10. The van der Waals surface area contributed by atoms with Gasteiger partial charge in [-0.2, -0.15) is 0 Å². The molecule has 9 heteroatoms. The molecule has 0 unspecified atom stereocenters. The van der Waals surface area contributed by atoms with E-state index < -0.39 is 22.5 Å². The third-order valence-electron chi connectivity index (χ3n) is 5.87. The van der Waals surface area contributed by atoms with Crippen LogP contribution in [0.4, 0.5) is 11.4 Å². The molecule has 4 rings (SSSR count). The molecular formula is C27H29BrN2O5S. The van der Waals surface area contributed by atoms with Crippen LogP contribution in [-0.4, -0.2) is 33.6 Å². The maximum Gasteiger partial charge on any atom is 0.264 e. The van der Waals surface area contributed by atoms with E-state index in [1.807, 2.05) is 19.1 Å². The molecule has 1 saturated carbocycles. The standard InChI is InChI=1S/C27H29BrN2O5S/c1-2-34-23-15-11-22(12-16-23)30(36(32,33)26-17-7-20(28)8-18-26)19-27(31)29-21-9-13-25(14-10-21)35-24-5-3-4-6-24/h7-18,24H,2-6,19H2,1H3,(H,29,31). The highest BCUT2D eigenvalue weighted by molar-refractivity contribution is 9.10. The summed E-state index contributed by atoms with van der Waals surface area (Å²) in [4.78, 5) is 13.1. The van der Waals surface area contributed by atoms with Crippen LogP contribution < -0.4 is 19.1 Å². The summed E-state index contributed by atoms with van der Waals surface area (Å²) < 4.78 is 40.4. The monoisotopic (exact) mass is 572 g/mol. The van der Waals surface area contributed by atoms with E-state index in [0.29, 0.717) is 23.7 Å². The smallest absolute Gasteiger partial charge is 0.264 e. The fraction of sp³-hybridized carbons (Fsp3) is 0.296. The van der Waals surface area contributed by atoms with Gasteiger partial charge in [0.05, 0.1) is 23.3 Å². The number of sulfonamides is 1. The van der Waals surface area contributed by atoms with Crippen molar-refractivity contribution in [2.24, 2.45) is 0 Å². The van der Waals surface area contributed by atoms with Gasteiger partial charge >= 0.3 is 0 Å². The van der Waals surface area contributed by atoms with Crippen molar-refractivity contribution in [1.82, 2.24) is 0 Å². The summed E-state index contributed by atoms with van der Waals surface area (Å²) in [5.74, 6) is 0.911. The second-order valence-corrected chi connectivity index (χ2v) is 11.3. The number of carbonyl (C=O) groups excluding carboxylic acids is 1. The van der Waals surface area contributed by atoms with Crippen LogP contribution in [0.25, 0.3) is 0 Å². The van der Waals surface area contributed by atoms with E-state index in [1.165, 1.54) is 25.0 Å². The van der Waals surface area contributed by atoms with Crippen molar-refractivity contribution in [3.63, 3.8) is 0 Å². The van der Waals surface area contributed by atoms with Crippen LogP contribution in [0.3, 0.4) is 0 Å². The maximum atomic E-state index is 13.5. The van der Waals surface area contributed by atoms with Gasteiger partial charge in [-0.05, 0) is 105 Å². The molecule has 7 nitrogen and oxygen atoms in total. The van der Waals surface area contributed by atoms with Crippen LogP contribution >= 0.6 is 15.9 Å². The molecule has 3 aromatic carbocycles. The second-order valence-electron chi connectivity index (χ2n) is 8.49. The Balaban J connectivity index is 1.52. The Bertz CT molecular complexity index is 1260. The van der Waals surface area contributed by atoms with E-state index in [2.05, 4.69) is 21.2 Å². The summed E-state index contributed by atoms with van der Waals surface area (Å²) in [5, 5.41) is 2.79. The van der Waals surface area contributed by atoms with Crippen LogP contribution in [0.2, 0.25) is 0 Å². The highest BCUT2D eigenvalue weighted by Gasteiger charge is 2.27. The first-order chi connectivity index (χ1) is 17.3. The average Bonchev–Trinajstić information content (AvgIpc) is 3.38. The Morgan fingerprint density at radius 3 is 2.17 bits per heavy atom. The van der Waals surface area contributed by atoms with Crippen molar-refractivity contribution in [2.75, 3.05) is 22.8 Å². The van der Waals surface area contributed by atoms with Crippen LogP contribution in [0.5, 0.6) is 11.5 Å². The molecule has 0 atom stereocenters. The molecule has 36 heavy (non-hydrogen) atoms. The van der Waals surface area contributed by atoms with Gasteiger partial charge < -0.3 is 14.8 Å². The molecule has 3 aromatic rings. The lowest BCUT2D eigenvalue weighted by Gasteiger charge is -2.24. The van der Waals surface area contributed by atoms with Crippen molar-refractivity contribution < 1.29 is 22.7 Å². The Morgan fingerprint density at radius 2 is 1.56 bits per heavy atom. The van der Waals surface area contributed by atoms with Gasteiger partial charge in [0.1, 0.15) is 18.0 Å². The number of hydrogen-bond acceptors (Lipinski definition) is 5. The van der Waals surface area contributed by atoms with Crippen molar-refractivity contribution in [1.29, 1.82) is 0 Å². The minimum atomic E-state index is -4.01. The number of nitrogens with zero attached hydrogens (tertiary/aromatic N) is 1. The van der Waals surface area contributed by atoms with Gasteiger partial charge in [0.15, 0.2) is 0 Å². The molecule has 190 valence electrons. The van der Waals surface area contributed by atoms with Gasteiger partial charge in [0.2, 0.25) is 5.91 Å². The predicted molar refractivity (Wildman–Crippen MR) is 144 cm³/mol. The largest absolute Gasteiger partial charge is 0.494 e. The number of nitrogens with one attached hydrogen (secondary N) is 1. The number of benzene rings is 3. The number of amides is 1. The zero-order valence-corrected chi connectivity index (χ0v) is 22.4. The van der Waals surface area contributed by atoms with Crippen LogP contribution in [-0.2, 0) is 14.8 Å². The normalized spacial score (nSPS) is 13.8. The predicted octanol–water partition coefficient (Wildman–Crippen LogP) is 6.00. The number of halogens is 1. The summed E-state index contributed by atoms with van der Waals surface area (Å²) in [6, 6.07) is 20.1. The zero-order valence-electron chi connectivity index (χ0n) is 20.0. The first-order valence-electron chi connectivity index (χ1n) is 11.9. The topological polar surface area (TPSA) is 84.9 Å². The number of anilines is 2. The average molecular weight is 574 g/mol.